The van der Waals surface area contributed by atoms with Gasteiger partial charge >= 0.3 is 0 Å². The molecule has 0 aromatic carbocycles. The van der Waals surface area contributed by atoms with Gasteiger partial charge < -0.3 is 10.6 Å². The molecule has 3 nitrogen and oxygen atoms in total. The van der Waals surface area contributed by atoms with Crippen LogP contribution in [-0.2, 0) is 6.54 Å². The molecule has 0 spiro atoms. The molecule has 0 amide bonds. The Labute approximate surface area is 91.3 Å². The monoisotopic (exact) mass is 205 g/mol. The number of aryl methyl sites for hydroxylation is 1. The second kappa shape index (κ2) is 4.19. The Balaban J connectivity index is 2.28. The summed E-state index contributed by atoms with van der Waals surface area (Å²) in [6, 6.07) is 2.77. The van der Waals surface area contributed by atoms with Crippen molar-refractivity contribution in [2.45, 2.75) is 39.3 Å². The first-order chi connectivity index (χ1) is 7.22. The lowest BCUT2D eigenvalue weighted by molar-refractivity contribution is 0.724. The molecule has 1 aromatic rings. The van der Waals surface area contributed by atoms with E-state index in [1.165, 1.54) is 18.4 Å². The molecule has 1 atom stereocenters. The van der Waals surface area contributed by atoms with E-state index in [2.05, 4.69) is 29.8 Å². The van der Waals surface area contributed by atoms with Gasteiger partial charge in [-0.05, 0) is 43.9 Å². The van der Waals surface area contributed by atoms with Crippen LogP contribution >= 0.6 is 0 Å². The van der Waals surface area contributed by atoms with Gasteiger partial charge in [-0.15, -0.1) is 0 Å². The lowest BCUT2D eigenvalue weighted by Crippen LogP contribution is -2.28. The minimum atomic E-state index is 0.573. The van der Waals surface area contributed by atoms with E-state index >= 15 is 0 Å². The predicted molar refractivity (Wildman–Crippen MR) is 62.9 cm³/mol. The van der Waals surface area contributed by atoms with E-state index in [-0.39, 0.29) is 0 Å². The van der Waals surface area contributed by atoms with Crippen molar-refractivity contribution in [3.05, 3.63) is 23.4 Å². The Morgan fingerprint density at radius 2 is 2.40 bits per heavy atom. The van der Waals surface area contributed by atoms with E-state index in [9.17, 15) is 0 Å². The van der Waals surface area contributed by atoms with Crippen molar-refractivity contribution < 1.29 is 0 Å². The smallest absolute Gasteiger partial charge is 0.131 e. The molecular formula is C12H19N3. The number of anilines is 1. The van der Waals surface area contributed by atoms with E-state index in [1.54, 1.807) is 0 Å². The summed E-state index contributed by atoms with van der Waals surface area (Å²) in [6.07, 6.45) is 4.45. The number of nitrogens with two attached hydrogens (primary N) is 1. The average molecular weight is 205 g/mol. The highest BCUT2D eigenvalue weighted by Crippen LogP contribution is 2.26. The highest BCUT2D eigenvalue weighted by Gasteiger charge is 2.22. The second-order valence-corrected chi connectivity index (χ2v) is 4.37. The first-order valence-corrected chi connectivity index (χ1v) is 5.64. The summed E-state index contributed by atoms with van der Waals surface area (Å²) >= 11 is 0. The van der Waals surface area contributed by atoms with Crippen molar-refractivity contribution in [1.29, 1.82) is 0 Å². The van der Waals surface area contributed by atoms with Crippen LogP contribution in [0.25, 0.3) is 0 Å². The van der Waals surface area contributed by atoms with Crippen LogP contribution in [0.4, 0.5) is 5.82 Å². The normalized spacial score (nSPS) is 21.0. The van der Waals surface area contributed by atoms with Crippen LogP contribution in [0.15, 0.2) is 12.3 Å². The zero-order valence-electron chi connectivity index (χ0n) is 9.53. The number of hydrogen-bond donors (Lipinski definition) is 1. The van der Waals surface area contributed by atoms with Crippen LogP contribution in [0.5, 0.6) is 0 Å². The molecular weight excluding hydrogens is 186 g/mol. The van der Waals surface area contributed by atoms with Crippen LogP contribution in [0.1, 0.15) is 30.9 Å². The van der Waals surface area contributed by atoms with Gasteiger partial charge in [-0.3, -0.25) is 0 Å². The van der Waals surface area contributed by atoms with E-state index in [1.807, 2.05) is 6.20 Å². The van der Waals surface area contributed by atoms with Crippen molar-refractivity contribution in [3.8, 4) is 0 Å². The topological polar surface area (TPSA) is 42.1 Å². The van der Waals surface area contributed by atoms with Crippen molar-refractivity contribution in [1.82, 2.24) is 4.98 Å². The fourth-order valence-corrected chi connectivity index (χ4v) is 2.29. The van der Waals surface area contributed by atoms with E-state index in [0.29, 0.717) is 12.6 Å². The molecule has 0 bridgehead atoms. The molecule has 0 saturated carbocycles. The standard InChI is InChI=1S/C12H19N3/c1-9-6-11(7-13)8-14-12(9)15-5-3-4-10(15)2/h6,8,10H,3-5,7,13H2,1-2H3. The Morgan fingerprint density at radius 3 is 2.93 bits per heavy atom. The predicted octanol–water partition coefficient (Wildman–Crippen LogP) is 1.84. The molecule has 1 fully saturated rings. The average Bonchev–Trinajstić information content (AvgIpc) is 2.64. The molecule has 1 unspecified atom stereocenters. The number of aromatic nitrogens is 1. The molecule has 0 radical (unpaired) electrons. The van der Waals surface area contributed by atoms with Crippen LogP contribution < -0.4 is 10.6 Å². The van der Waals surface area contributed by atoms with Crippen molar-refractivity contribution in [3.63, 3.8) is 0 Å². The molecule has 2 N–H and O–H groups in total. The van der Waals surface area contributed by atoms with Crippen LogP contribution in [0, 0.1) is 6.92 Å². The molecule has 3 heteroatoms. The quantitative estimate of drug-likeness (QED) is 0.801. The highest BCUT2D eigenvalue weighted by molar-refractivity contribution is 5.49. The van der Waals surface area contributed by atoms with Gasteiger partial charge in [0.1, 0.15) is 5.82 Å². The fraction of sp³-hybridized carbons (Fsp3) is 0.583. The Morgan fingerprint density at radius 1 is 1.60 bits per heavy atom. The van der Waals surface area contributed by atoms with Gasteiger partial charge in [-0.2, -0.15) is 0 Å². The zero-order chi connectivity index (χ0) is 10.8. The second-order valence-electron chi connectivity index (χ2n) is 4.37. The lowest BCUT2D eigenvalue weighted by atomic mass is 10.2. The van der Waals surface area contributed by atoms with Crippen molar-refractivity contribution in [2.75, 3.05) is 11.4 Å². The molecule has 0 aliphatic carbocycles. The van der Waals surface area contributed by atoms with Crippen LogP contribution in [0.3, 0.4) is 0 Å². The molecule has 1 saturated heterocycles. The van der Waals surface area contributed by atoms with E-state index in [0.717, 1.165) is 17.9 Å². The maximum Gasteiger partial charge on any atom is 0.131 e. The van der Waals surface area contributed by atoms with E-state index in [4.69, 9.17) is 5.73 Å². The Kier molecular flexibility index (Phi) is 2.91. The fourth-order valence-electron chi connectivity index (χ4n) is 2.29. The molecule has 1 aliphatic rings. The Bertz CT molecular complexity index is 349. The number of pyridine rings is 1. The number of rotatable bonds is 2. The molecule has 1 aromatic heterocycles. The summed E-state index contributed by atoms with van der Waals surface area (Å²) in [5.41, 5.74) is 7.95. The molecule has 2 heterocycles. The van der Waals surface area contributed by atoms with Gasteiger partial charge in [0, 0.05) is 25.3 Å². The highest BCUT2D eigenvalue weighted by atomic mass is 15.2. The summed E-state index contributed by atoms with van der Waals surface area (Å²) < 4.78 is 0. The molecule has 82 valence electrons. The van der Waals surface area contributed by atoms with E-state index < -0.39 is 0 Å². The third-order valence-corrected chi connectivity index (χ3v) is 3.17. The van der Waals surface area contributed by atoms with Gasteiger partial charge in [0.15, 0.2) is 0 Å². The molecule has 1 aliphatic heterocycles. The number of hydrogen-bond acceptors (Lipinski definition) is 3. The van der Waals surface area contributed by atoms with Gasteiger partial charge in [0.2, 0.25) is 0 Å². The van der Waals surface area contributed by atoms with Crippen LogP contribution in [0.2, 0.25) is 0 Å². The largest absolute Gasteiger partial charge is 0.354 e. The third-order valence-electron chi connectivity index (χ3n) is 3.17. The lowest BCUT2D eigenvalue weighted by Gasteiger charge is -2.24. The van der Waals surface area contributed by atoms with Gasteiger partial charge in [-0.1, -0.05) is 0 Å². The molecule has 2 rings (SSSR count). The van der Waals surface area contributed by atoms with Gasteiger partial charge in [0.25, 0.3) is 0 Å². The minimum absolute atomic E-state index is 0.573. The number of nitrogens with zero attached hydrogens (tertiary/aromatic N) is 2. The first kappa shape index (κ1) is 10.4. The van der Waals surface area contributed by atoms with Crippen molar-refractivity contribution in [2.24, 2.45) is 5.73 Å². The van der Waals surface area contributed by atoms with Crippen molar-refractivity contribution >= 4 is 5.82 Å². The summed E-state index contributed by atoms with van der Waals surface area (Å²) in [5.74, 6) is 1.14. The third kappa shape index (κ3) is 1.97. The van der Waals surface area contributed by atoms with Gasteiger partial charge in [0.05, 0.1) is 0 Å². The summed E-state index contributed by atoms with van der Waals surface area (Å²) in [4.78, 5) is 6.93. The minimum Gasteiger partial charge on any atom is -0.354 e. The molecule has 15 heavy (non-hydrogen) atoms. The summed E-state index contributed by atoms with van der Waals surface area (Å²) in [7, 11) is 0. The SMILES string of the molecule is Cc1cc(CN)cnc1N1CCCC1C. The zero-order valence-corrected chi connectivity index (χ0v) is 9.53. The van der Waals surface area contributed by atoms with Gasteiger partial charge in [-0.25, -0.2) is 4.98 Å². The first-order valence-electron chi connectivity index (χ1n) is 5.64. The maximum atomic E-state index is 5.60. The summed E-state index contributed by atoms with van der Waals surface area (Å²) in [6.45, 7) is 6.10. The summed E-state index contributed by atoms with van der Waals surface area (Å²) in [5, 5.41) is 0. The Hall–Kier alpha value is -1.09. The van der Waals surface area contributed by atoms with Crippen LogP contribution in [-0.4, -0.2) is 17.6 Å². The maximum absolute atomic E-state index is 5.60.